The second-order valence-corrected chi connectivity index (χ2v) is 7.50. The van der Waals surface area contributed by atoms with Gasteiger partial charge in [0, 0.05) is 33.9 Å². The van der Waals surface area contributed by atoms with E-state index < -0.39 is 5.60 Å². The van der Waals surface area contributed by atoms with E-state index in [4.69, 9.17) is 0 Å². The van der Waals surface area contributed by atoms with E-state index in [0.717, 1.165) is 26.5 Å². The van der Waals surface area contributed by atoms with E-state index >= 15 is 0 Å². The second-order valence-electron chi connectivity index (χ2n) is 6.58. The van der Waals surface area contributed by atoms with Crippen LogP contribution in [0.2, 0.25) is 0 Å². The molecule has 0 saturated heterocycles. The molecule has 1 aromatic heterocycles. The van der Waals surface area contributed by atoms with Crippen LogP contribution < -0.4 is 0 Å². The molecule has 0 aliphatic carbocycles. The molecule has 3 aromatic rings. The number of Topliss-reactive ketones (excluding diaryl/α,β-unsaturated/α-hetero) is 1. The summed E-state index contributed by atoms with van der Waals surface area (Å²) in [6.07, 6.45) is 2.22. The van der Waals surface area contributed by atoms with Crippen molar-refractivity contribution < 1.29 is 9.90 Å². The Hall–Kier alpha value is -1.91. The summed E-state index contributed by atoms with van der Waals surface area (Å²) in [7, 11) is 0. The van der Waals surface area contributed by atoms with Gasteiger partial charge in [0.15, 0.2) is 5.78 Å². The molecule has 2 N–H and O–H groups in total. The van der Waals surface area contributed by atoms with Crippen molar-refractivity contribution in [3.8, 4) is 0 Å². The van der Waals surface area contributed by atoms with E-state index in [9.17, 15) is 9.90 Å². The van der Waals surface area contributed by atoms with E-state index in [0.29, 0.717) is 0 Å². The lowest BCUT2D eigenvalue weighted by molar-refractivity contribution is -0.134. The highest BCUT2D eigenvalue weighted by molar-refractivity contribution is 9.10. The molecule has 3 rings (SSSR count). The lowest BCUT2D eigenvalue weighted by Gasteiger charge is -2.22. The first-order chi connectivity index (χ1) is 11.4. The van der Waals surface area contributed by atoms with E-state index in [1.165, 1.54) is 0 Å². The fourth-order valence-electron chi connectivity index (χ4n) is 2.92. The van der Waals surface area contributed by atoms with Gasteiger partial charge in [-0.3, -0.25) is 4.79 Å². The van der Waals surface area contributed by atoms with E-state index in [2.05, 4.69) is 27.0 Å². The number of hydrogen-bond donors (Lipinski definition) is 2. The monoisotopic (exact) mass is 385 g/mol. The molecule has 0 fully saturated rings. The highest BCUT2D eigenvalue weighted by Gasteiger charge is 2.29. The van der Waals surface area contributed by atoms with Gasteiger partial charge < -0.3 is 10.1 Å². The zero-order valence-electron chi connectivity index (χ0n) is 13.7. The number of aromatic amines is 1. The molecule has 124 valence electrons. The van der Waals surface area contributed by atoms with Crippen LogP contribution in [0.25, 0.3) is 10.9 Å². The first-order valence-corrected chi connectivity index (χ1v) is 8.72. The van der Waals surface area contributed by atoms with Crippen LogP contribution in [-0.4, -0.2) is 21.5 Å². The number of benzene rings is 2. The Labute approximate surface area is 149 Å². The van der Waals surface area contributed by atoms with Gasteiger partial charge in [-0.1, -0.05) is 46.3 Å². The Morgan fingerprint density at radius 2 is 1.83 bits per heavy atom. The Balaban J connectivity index is 2.08. The van der Waals surface area contributed by atoms with Crippen LogP contribution in [0.3, 0.4) is 0 Å². The number of H-pyrrole nitrogens is 1. The van der Waals surface area contributed by atoms with Crippen LogP contribution >= 0.6 is 15.9 Å². The van der Waals surface area contributed by atoms with Gasteiger partial charge in [0.1, 0.15) is 5.60 Å². The molecule has 24 heavy (non-hydrogen) atoms. The van der Waals surface area contributed by atoms with Crippen LogP contribution in [0.4, 0.5) is 0 Å². The average molecular weight is 386 g/mol. The molecular formula is C20H20BrNO2. The summed E-state index contributed by atoms with van der Waals surface area (Å²) in [6, 6.07) is 16.1. The van der Waals surface area contributed by atoms with Crippen LogP contribution in [0.15, 0.2) is 59.2 Å². The summed E-state index contributed by atoms with van der Waals surface area (Å²) >= 11 is 3.45. The summed E-state index contributed by atoms with van der Waals surface area (Å²) in [5.41, 5.74) is 1.84. The maximum absolute atomic E-state index is 12.5. The number of carbonyl (C=O) groups excluding carboxylic acids is 1. The standard InChI is InChI=1S/C20H20BrNO2/c1-20(2,24)19(23)11-16(13-7-9-14(21)10-8-13)17-12-22-18-6-4-3-5-15(17)18/h3-10,12,16,22,24H,11H2,1-2H3. The topological polar surface area (TPSA) is 53.1 Å². The molecule has 4 heteroatoms. The van der Waals surface area contributed by atoms with Gasteiger partial charge in [0.25, 0.3) is 0 Å². The molecule has 1 heterocycles. The number of rotatable bonds is 5. The number of ketones is 1. The number of carbonyl (C=O) groups is 1. The molecule has 0 saturated carbocycles. The Bertz CT molecular complexity index is 859. The smallest absolute Gasteiger partial charge is 0.164 e. The zero-order chi connectivity index (χ0) is 17.3. The van der Waals surface area contributed by atoms with Crippen LogP contribution in [0.1, 0.15) is 37.3 Å². The van der Waals surface area contributed by atoms with Gasteiger partial charge in [-0.05, 0) is 43.2 Å². The van der Waals surface area contributed by atoms with Crippen molar-refractivity contribution in [1.29, 1.82) is 0 Å². The number of para-hydroxylation sites is 1. The Morgan fingerprint density at radius 1 is 1.17 bits per heavy atom. The SMILES string of the molecule is CC(C)(O)C(=O)CC(c1ccc(Br)cc1)c1c[nH]c2ccccc12. The van der Waals surface area contributed by atoms with Gasteiger partial charge in [-0.2, -0.15) is 0 Å². The Kier molecular flexibility index (Phi) is 4.61. The minimum Gasteiger partial charge on any atom is -0.383 e. The van der Waals surface area contributed by atoms with Gasteiger partial charge in [0.2, 0.25) is 0 Å². The Morgan fingerprint density at radius 3 is 2.50 bits per heavy atom. The number of hydrogen-bond acceptors (Lipinski definition) is 2. The van der Waals surface area contributed by atoms with Crippen molar-refractivity contribution >= 4 is 32.6 Å². The normalized spacial score (nSPS) is 13.2. The van der Waals surface area contributed by atoms with Crippen molar-refractivity contribution in [2.24, 2.45) is 0 Å². The molecule has 0 bridgehead atoms. The highest BCUT2D eigenvalue weighted by Crippen LogP contribution is 2.35. The molecular weight excluding hydrogens is 366 g/mol. The maximum atomic E-state index is 12.5. The lowest BCUT2D eigenvalue weighted by atomic mass is 9.84. The first-order valence-electron chi connectivity index (χ1n) is 7.93. The quantitative estimate of drug-likeness (QED) is 0.662. The van der Waals surface area contributed by atoms with Gasteiger partial charge >= 0.3 is 0 Å². The minimum atomic E-state index is -1.33. The number of fused-ring (bicyclic) bond motifs is 1. The predicted octanol–water partition coefficient (Wildman–Crippen LogP) is 4.79. The van der Waals surface area contributed by atoms with Gasteiger partial charge in [0.05, 0.1) is 0 Å². The molecule has 0 aliphatic rings. The largest absolute Gasteiger partial charge is 0.383 e. The van der Waals surface area contributed by atoms with Crippen LogP contribution in [0.5, 0.6) is 0 Å². The summed E-state index contributed by atoms with van der Waals surface area (Å²) in [5, 5.41) is 11.2. The van der Waals surface area contributed by atoms with Crippen molar-refractivity contribution in [3.63, 3.8) is 0 Å². The number of halogens is 1. The van der Waals surface area contributed by atoms with Crippen molar-refractivity contribution in [2.45, 2.75) is 31.8 Å². The number of aliphatic hydroxyl groups is 1. The van der Waals surface area contributed by atoms with Crippen molar-refractivity contribution in [2.75, 3.05) is 0 Å². The van der Waals surface area contributed by atoms with Crippen molar-refractivity contribution in [3.05, 3.63) is 70.3 Å². The molecule has 0 amide bonds. The fraction of sp³-hybridized carbons (Fsp3) is 0.250. The summed E-state index contributed by atoms with van der Waals surface area (Å²) < 4.78 is 0.998. The van der Waals surface area contributed by atoms with Gasteiger partial charge in [-0.25, -0.2) is 0 Å². The molecule has 1 unspecified atom stereocenters. The van der Waals surface area contributed by atoms with Crippen LogP contribution in [0, 0.1) is 0 Å². The molecule has 0 aliphatic heterocycles. The molecule has 0 radical (unpaired) electrons. The third kappa shape index (κ3) is 3.45. The maximum Gasteiger partial charge on any atom is 0.164 e. The zero-order valence-corrected chi connectivity index (χ0v) is 15.3. The summed E-state index contributed by atoms with van der Waals surface area (Å²) in [5.74, 6) is -0.270. The summed E-state index contributed by atoms with van der Waals surface area (Å²) in [4.78, 5) is 15.8. The fourth-order valence-corrected chi connectivity index (χ4v) is 3.18. The number of nitrogens with one attached hydrogen (secondary N) is 1. The van der Waals surface area contributed by atoms with E-state index in [1.807, 2.05) is 48.7 Å². The third-order valence-electron chi connectivity index (χ3n) is 4.34. The van der Waals surface area contributed by atoms with Gasteiger partial charge in [-0.15, -0.1) is 0 Å². The van der Waals surface area contributed by atoms with E-state index in [1.54, 1.807) is 13.8 Å². The third-order valence-corrected chi connectivity index (χ3v) is 4.87. The lowest BCUT2D eigenvalue weighted by Crippen LogP contribution is -2.32. The molecule has 3 nitrogen and oxygen atoms in total. The number of aromatic nitrogens is 1. The average Bonchev–Trinajstić information content (AvgIpc) is 2.96. The molecule has 0 spiro atoms. The first kappa shape index (κ1) is 16.9. The predicted molar refractivity (Wildman–Crippen MR) is 100 cm³/mol. The summed E-state index contributed by atoms with van der Waals surface area (Å²) in [6.45, 7) is 3.09. The molecule has 2 aromatic carbocycles. The minimum absolute atomic E-state index is 0.104. The van der Waals surface area contributed by atoms with Crippen LogP contribution in [-0.2, 0) is 4.79 Å². The molecule has 1 atom stereocenters. The second kappa shape index (κ2) is 6.54. The van der Waals surface area contributed by atoms with E-state index in [-0.39, 0.29) is 18.1 Å². The highest BCUT2D eigenvalue weighted by atomic mass is 79.9. The van der Waals surface area contributed by atoms with Crippen molar-refractivity contribution in [1.82, 2.24) is 4.98 Å².